The van der Waals surface area contributed by atoms with Gasteiger partial charge in [-0.15, -0.1) is 24.8 Å². The summed E-state index contributed by atoms with van der Waals surface area (Å²) in [7, 11) is 1.68. The molecule has 162 valence electrons. The van der Waals surface area contributed by atoms with Crippen molar-refractivity contribution in [2.24, 2.45) is 7.05 Å². The molecular formula is C21H27Cl2N5O2. The van der Waals surface area contributed by atoms with Crippen molar-refractivity contribution in [1.82, 2.24) is 14.8 Å². The Hall–Kier alpha value is -2.51. The molecule has 0 atom stereocenters. The Labute approximate surface area is 187 Å². The summed E-state index contributed by atoms with van der Waals surface area (Å²) in [5, 5.41) is 3.58. The summed E-state index contributed by atoms with van der Waals surface area (Å²) < 4.78 is 1.44. The van der Waals surface area contributed by atoms with E-state index in [-0.39, 0.29) is 36.3 Å². The van der Waals surface area contributed by atoms with Gasteiger partial charge < -0.3 is 10.6 Å². The lowest BCUT2D eigenvalue weighted by Gasteiger charge is -2.30. The molecule has 0 aliphatic carbocycles. The molecule has 3 aromatic rings. The van der Waals surface area contributed by atoms with E-state index in [1.165, 1.54) is 4.68 Å². The van der Waals surface area contributed by atoms with Crippen LogP contribution in [0.25, 0.3) is 11.0 Å². The van der Waals surface area contributed by atoms with Crippen molar-refractivity contribution < 1.29 is 4.79 Å². The normalized spacial score (nSPS) is 12.8. The molecule has 0 saturated heterocycles. The molecule has 3 N–H and O–H groups in total. The summed E-state index contributed by atoms with van der Waals surface area (Å²) in [6, 6.07) is 5.75. The molecule has 0 fully saturated rings. The topological polar surface area (TPSA) is 97.0 Å². The van der Waals surface area contributed by atoms with Gasteiger partial charge in [0, 0.05) is 37.1 Å². The lowest BCUT2D eigenvalue weighted by atomic mass is 9.97. The van der Waals surface area contributed by atoms with Gasteiger partial charge in [-0.05, 0) is 61.9 Å². The predicted octanol–water partition coefficient (Wildman–Crippen LogP) is 3.22. The number of hydrogen-bond donors (Lipinski definition) is 2. The van der Waals surface area contributed by atoms with Gasteiger partial charge in [0.2, 0.25) is 5.91 Å². The molecule has 7 nitrogen and oxygen atoms in total. The first kappa shape index (κ1) is 23.8. The Morgan fingerprint density at radius 3 is 2.73 bits per heavy atom. The first-order chi connectivity index (χ1) is 13.4. The van der Waals surface area contributed by atoms with Crippen LogP contribution in [0.4, 0.5) is 11.4 Å². The van der Waals surface area contributed by atoms with Crippen molar-refractivity contribution in [2.45, 2.75) is 39.5 Å². The number of amides is 1. The molecule has 2 aromatic heterocycles. The smallest absolute Gasteiger partial charge is 0.276 e. The van der Waals surface area contributed by atoms with E-state index in [1.54, 1.807) is 7.05 Å². The van der Waals surface area contributed by atoms with Crippen LogP contribution in [0.3, 0.4) is 0 Å². The van der Waals surface area contributed by atoms with E-state index in [0.717, 1.165) is 46.6 Å². The maximum absolute atomic E-state index is 13.0. The number of rotatable bonds is 3. The second-order valence-electron chi connectivity index (χ2n) is 7.49. The van der Waals surface area contributed by atoms with Crippen molar-refractivity contribution in [3.05, 3.63) is 50.9 Å². The number of pyridine rings is 1. The predicted molar refractivity (Wildman–Crippen MR) is 125 cm³/mol. The number of aromatic amines is 1. The zero-order chi connectivity index (χ0) is 20.0. The molecule has 30 heavy (non-hydrogen) atoms. The number of aryl methyl sites for hydroxylation is 3. The fourth-order valence-electron chi connectivity index (χ4n) is 4.26. The van der Waals surface area contributed by atoms with Gasteiger partial charge in [0.15, 0.2) is 5.65 Å². The van der Waals surface area contributed by atoms with Crippen molar-refractivity contribution in [3.8, 4) is 0 Å². The van der Waals surface area contributed by atoms with Crippen LogP contribution in [-0.2, 0) is 24.7 Å². The Kier molecular flexibility index (Phi) is 7.21. The first-order valence-electron chi connectivity index (χ1n) is 9.61. The Morgan fingerprint density at radius 1 is 1.27 bits per heavy atom. The van der Waals surface area contributed by atoms with Crippen molar-refractivity contribution in [1.29, 1.82) is 0 Å². The number of carbonyl (C=O) groups excluding carboxylic acids is 1. The average molecular weight is 452 g/mol. The van der Waals surface area contributed by atoms with E-state index in [4.69, 9.17) is 5.73 Å². The van der Waals surface area contributed by atoms with Gasteiger partial charge in [0.05, 0.1) is 5.39 Å². The van der Waals surface area contributed by atoms with E-state index in [2.05, 4.69) is 10.1 Å². The van der Waals surface area contributed by atoms with E-state index in [0.29, 0.717) is 30.4 Å². The van der Waals surface area contributed by atoms with Crippen LogP contribution in [0.2, 0.25) is 0 Å². The number of carbonyl (C=O) groups is 1. The number of nitrogen functional groups attached to an aromatic ring is 1. The highest BCUT2D eigenvalue weighted by molar-refractivity contribution is 5.95. The maximum atomic E-state index is 13.0. The Balaban J connectivity index is 0.00000160. The Morgan fingerprint density at radius 2 is 2.00 bits per heavy atom. The highest BCUT2D eigenvalue weighted by Gasteiger charge is 2.24. The van der Waals surface area contributed by atoms with Crippen LogP contribution in [0, 0.1) is 13.8 Å². The van der Waals surface area contributed by atoms with Gasteiger partial charge in [-0.1, -0.05) is 6.07 Å². The summed E-state index contributed by atoms with van der Waals surface area (Å²) in [5.74, 6) is 0.0763. The van der Waals surface area contributed by atoms with Crippen LogP contribution < -0.4 is 16.2 Å². The summed E-state index contributed by atoms with van der Waals surface area (Å²) in [6.07, 6.45) is 2.75. The maximum Gasteiger partial charge on any atom is 0.276 e. The molecule has 1 aliphatic heterocycles. The molecule has 0 saturated carbocycles. The first-order valence-corrected chi connectivity index (χ1v) is 9.61. The number of aromatic nitrogens is 3. The Bertz CT molecular complexity index is 1150. The lowest BCUT2D eigenvalue weighted by molar-refractivity contribution is -0.118. The van der Waals surface area contributed by atoms with E-state index in [9.17, 15) is 9.59 Å². The minimum atomic E-state index is -0.0898. The van der Waals surface area contributed by atoms with E-state index >= 15 is 0 Å². The van der Waals surface area contributed by atoms with Gasteiger partial charge in [0.25, 0.3) is 5.56 Å². The number of fused-ring (bicyclic) bond motifs is 2. The highest BCUT2D eigenvalue weighted by atomic mass is 35.5. The van der Waals surface area contributed by atoms with Gasteiger partial charge in [-0.3, -0.25) is 19.4 Å². The molecule has 1 aliphatic rings. The number of anilines is 2. The van der Waals surface area contributed by atoms with Gasteiger partial charge in [-0.25, -0.2) is 4.98 Å². The number of benzene rings is 1. The third kappa shape index (κ3) is 3.91. The zero-order valence-corrected chi connectivity index (χ0v) is 19.0. The van der Waals surface area contributed by atoms with E-state index in [1.807, 2.05) is 36.9 Å². The second-order valence-corrected chi connectivity index (χ2v) is 7.49. The standard InChI is InChI=1S/C21H25N5O2.2ClH/c1-12-14(13(2)23-20-19(12)21(28)25(3)24-20)9-10-18(27)26-11-5-6-15-16(22)7-4-8-17(15)26;;/h4,7-8H,5-6,9-11,22H2,1-3H3,(H,23,24);2*1H. The summed E-state index contributed by atoms with van der Waals surface area (Å²) in [6.45, 7) is 4.57. The van der Waals surface area contributed by atoms with Crippen LogP contribution in [0.5, 0.6) is 0 Å². The molecule has 0 bridgehead atoms. The van der Waals surface area contributed by atoms with Gasteiger partial charge in [0.1, 0.15) is 0 Å². The molecule has 1 amide bonds. The molecule has 0 radical (unpaired) electrons. The van der Waals surface area contributed by atoms with Crippen LogP contribution in [-0.4, -0.2) is 27.2 Å². The molecule has 0 spiro atoms. The average Bonchev–Trinajstić information content (AvgIpc) is 2.95. The van der Waals surface area contributed by atoms with Gasteiger partial charge in [-0.2, -0.15) is 0 Å². The fraction of sp³-hybridized carbons (Fsp3) is 0.381. The molecular weight excluding hydrogens is 425 g/mol. The second kappa shape index (κ2) is 9.10. The summed E-state index contributed by atoms with van der Waals surface area (Å²) in [4.78, 5) is 31.8. The molecule has 3 heterocycles. The molecule has 9 heteroatoms. The summed E-state index contributed by atoms with van der Waals surface area (Å²) >= 11 is 0. The molecule has 1 aromatic carbocycles. The zero-order valence-electron chi connectivity index (χ0n) is 17.3. The number of nitrogens with two attached hydrogens (primary N) is 1. The van der Waals surface area contributed by atoms with Crippen molar-refractivity contribution in [3.63, 3.8) is 0 Å². The van der Waals surface area contributed by atoms with Crippen molar-refractivity contribution in [2.75, 3.05) is 17.2 Å². The summed E-state index contributed by atoms with van der Waals surface area (Å²) in [5.41, 5.74) is 12.1. The number of hydrogen-bond acceptors (Lipinski definition) is 4. The SMILES string of the molecule is Cc1nc2[nH]n(C)c(=O)c2c(C)c1CCC(=O)N1CCCc2c(N)cccc21.Cl.Cl. The van der Waals surface area contributed by atoms with Crippen LogP contribution >= 0.6 is 24.8 Å². The quantitative estimate of drug-likeness (QED) is 0.597. The van der Waals surface area contributed by atoms with Gasteiger partial charge >= 0.3 is 0 Å². The number of halogens is 2. The highest BCUT2D eigenvalue weighted by Crippen LogP contribution is 2.32. The van der Waals surface area contributed by atoms with E-state index < -0.39 is 0 Å². The number of nitrogens with one attached hydrogen (secondary N) is 1. The van der Waals surface area contributed by atoms with Crippen LogP contribution in [0.15, 0.2) is 23.0 Å². The minimum absolute atomic E-state index is 0. The fourth-order valence-corrected chi connectivity index (χ4v) is 4.26. The number of H-pyrrole nitrogens is 1. The largest absolute Gasteiger partial charge is 0.398 e. The minimum Gasteiger partial charge on any atom is -0.398 e. The third-order valence-electron chi connectivity index (χ3n) is 5.75. The lowest BCUT2D eigenvalue weighted by Crippen LogP contribution is -2.36. The monoisotopic (exact) mass is 451 g/mol. The number of nitrogens with zero attached hydrogens (tertiary/aromatic N) is 3. The van der Waals surface area contributed by atoms with Crippen LogP contribution in [0.1, 0.15) is 35.2 Å². The molecule has 4 rings (SSSR count). The molecule has 0 unspecified atom stereocenters. The third-order valence-corrected chi connectivity index (χ3v) is 5.75. The van der Waals surface area contributed by atoms with Crippen molar-refractivity contribution >= 4 is 53.1 Å².